The van der Waals surface area contributed by atoms with Gasteiger partial charge < -0.3 is 9.47 Å². The molecule has 0 aliphatic heterocycles. The maximum atomic E-state index is 5.89. The number of benzene rings is 2. The molecule has 0 spiro atoms. The molecular formula is C19H19NO2. The predicted molar refractivity (Wildman–Crippen MR) is 88.6 cm³/mol. The van der Waals surface area contributed by atoms with Gasteiger partial charge in [-0.1, -0.05) is 25.1 Å². The van der Waals surface area contributed by atoms with Crippen LogP contribution in [0.1, 0.15) is 18.4 Å². The predicted octanol–water partition coefficient (Wildman–Crippen LogP) is 4.43. The molecular weight excluding hydrogens is 274 g/mol. The lowest BCUT2D eigenvalue weighted by Crippen LogP contribution is -2.07. The largest absolute Gasteiger partial charge is 0.497 e. The van der Waals surface area contributed by atoms with Crippen molar-refractivity contribution < 1.29 is 9.47 Å². The maximum absolute atomic E-state index is 5.89. The average Bonchev–Trinajstić information content (AvgIpc) is 2.59. The van der Waals surface area contributed by atoms with Crippen LogP contribution in [-0.4, -0.2) is 18.7 Å². The van der Waals surface area contributed by atoms with Gasteiger partial charge in [-0.25, -0.2) is 0 Å². The fourth-order valence-electron chi connectivity index (χ4n) is 2.53. The Morgan fingerprint density at radius 3 is 2.45 bits per heavy atom. The van der Waals surface area contributed by atoms with Gasteiger partial charge in [0, 0.05) is 17.5 Å². The first kappa shape index (κ1) is 14.4. The highest BCUT2D eigenvalue weighted by molar-refractivity contribution is 5.82. The second-order valence-electron chi connectivity index (χ2n) is 5.30. The molecule has 1 aromatic heterocycles. The third-order valence-electron chi connectivity index (χ3n) is 3.77. The third-order valence-corrected chi connectivity index (χ3v) is 3.77. The minimum atomic E-state index is 0.287. The highest BCUT2D eigenvalue weighted by Gasteiger charge is 2.10. The van der Waals surface area contributed by atoms with Crippen LogP contribution >= 0.6 is 0 Å². The number of hydrogen-bond donors (Lipinski definition) is 0. The molecule has 0 saturated heterocycles. The lowest BCUT2D eigenvalue weighted by molar-refractivity contribution is 0.296. The molecule has 0 unspecified atom stereocenters. The van der Waals surface area contributed by atoms with E-state index in [-0.39, 0.29) is 5.92 Å². The van der Waals surface area contributed by atoms with Crippen molar-refractivity contribution in [1.82, 2.24) is 4.98 Å². The molecule has 0 aliphatic rings. The molecule has 2 aromatic carbocycles. The van der Waals surface area contributed by atoms with E-state index in [0.717, 1.165) is 17.0 Å². The molecule has 3 aromatic rings. The van der Waals surface area contributed by atoms with E-state index >= 15 is 0 Å². The number of methoxy groups -OCH3 is 1. The average molecular weight is 293 g/mol. The van der Waals surface area contributed by atoms with E-state index in [4.69, 9.17) is 9.47 Å². The van der Waals surface area contributed by atoms with Gasteiger partial charge in [0.05, 0.1) is 19.2 Å². The van der Waals surface area contributed by atoms with Gasteiger partial charge in [-0.2, -0.15) is 0 Å². The van der Waals surface area contributed by atoms with Gasteiger partial charge in [-0.15, -0.1) is 0 Å². The topological polar surface area (TPSA) is 31.4 Å². The van der Waals surface area contributed by atoms with Crippen molar-refractivity contribution in [3.05, 3.63) is 66.4 Å². The molecule has 22 heavy (non-hydrogen) atoms. The molecule has 3 nitrogen and oxygen atoms in total. The van der Waals surface area contributed by atoms with E-state index < -0.39 is 0 Å². The lowest BCUT2D eigenvalue weighted by atomic mass is 9.98. The van der Waals surface area contributed by atoms with E-state index in [0.29, 0.717) is 6.61 Å². The third kappa shape index (κ3) is 3.03. The molecule has 0 bridgehead atoms. The van der Waals surface area contributed by atoms with Crippen LogP contribution in [0.2, 0.25) is 0 Å². The Balaban J connectivity index is 1.74. The molecule has 112 valence electrons. The van der Waals surface area contributed by atoms with Crippen molar-refractivity contribution in [1.29, 1.82) is 0 Å². The number of hydrogen-bond acceptors (Lipinski definition) is 3. The van der Waals surface area contributed by atoms with Crippen molar-refractivity contribution in [2.24, 2.45) is 0 Å². The first-order valence-electron chi connectivity index (χ1n) is 7.38. The second kappa shape index (κ2) is 6.48. The first-order valence-corrected chi connectivity index (χ1v) is 7.38. The molecule has 3 heteroatoms. The molecule has 0 N–H and O–H groups in total. The number of pyridine rings is 1. The quantitative estimate of drug-likeness (QED) is 0.697. The van der Waals surface area contributed by atoms with Crippen LogP contribution in [0.25, 0.3) is 10.9 Å². The molecule has 0 radical (unpaired) electrons. The number of ether oxygens (including phenoxy) is 2. The normalized spacial score (nSPS) is 12.1. The van der Waals surface area contributed by atoms with Gasteiger partial charge in [-0.05, 0) is 42.0 Å². The first-order chi connectivity index (χ1) is 10.8. The van der Waals surface area contributed by atoms with Crippen LogP contribution in [0.5, 0.6) is 11.5 Å². The van der Waals surface area contributed by atoms with Gasteiger partial charge in [0.15, 0.2) is 0 Å². The van der Waals surface area contributed by atoms with Gasteiger partial charge in [0.25, 0.3) is 0 Å². The molecule has 0 fully saturated rings. The van der Waals surface area contributed by atoms with Gasteiger partial charge in [-0.3, -0.25) is 4.98 Å². The fraction of sp³-hybridized carbons (Fsp3) is 0.211. The SMILES string of the molecule is COc1ccc(OC[C@H](C)c2ccnc3ccccc23)cc1. The summed E-state index contributed by atoms with van der Waals surface area (Å²) >= 11 is 0. The van der Waals surface area contributed by atoms with Crippen molar-refractivity contribution in [2.75, 3.05) is 13.7 Å². The molecule has 3 rings (SSSR count). The van der Waals surface area contributed by atoms with Crippen molar-refractivity contribution in [3.8, 4) is 11.5 Å². The summed E-state index contributed by atoms with van der Waals surface area (Å²) in [6, 6.07) is 17.9. The molecule has 0 amide bonds. The standard InChI is InChI=1S/C19H19NO2/c1-14(13-22-16-9-7-15(21-2)8-10-16)17-11-12-20-19-6-4-3-5-18(17)19/h3-12,14H,13H2,1-2H3/t14-/m0/s1. The Morgan fingerprint density at radius 1 is 0.955 bits per heavy atom. The lowest BCUT2D eigenvalue weighted by Gasteiger charge is -2.15. The zero-order chi connectivity index (χ0) is 15.4. The van der Waals surface area contributed by atoms with Crippen LogP contribution in [0.4, 0.5) is 0 Å². The van der Waals surface area contributed by atoms with Crippen LogP contribution in [0.3, 0.4) is 0 Å². The monoisotopic (exact) mass is 293 g/mol. The molecule has 0 aliphatic carbocycles. The Bertz CT molecular complexity index is 747. The Labute approximate surface area is 130 Å². The van der Waals surface area contributed by atoms with Crippen molar-refractivity contribution >= 4 is 10.9 Å². The van der Waals surface area contributed by atoms with Gasteiger partial charge in [0.1, 0.15) is 11.5 Å². The summed E-state index contributed by atoms with van der Waals surface area (Å²) in [5.74, 6) is 1.97. The molecule has 0 saturated carbocycles. The smallest absolute Gasteiger partial charge is 0.119 e. The summed E-state index contributed by atoms with van der Waals surface area (Å²) in [7, 11) is 1.66. The maximum Gasteiger partial charge on any atom is 0.119 e. The highest BCUT2D eigenvalue weighted by atomic mass is 16.5. The van der Waals surface area contributed by atoms with Crippen molar-refractivity contribution in [2.45, 2.75) is 12.8 Å². The summed E-state index contributed by atoms with van der Waals surface area (Å²) in [5.41, 5.74) is 2.29. The highest BCUT2D eigenvalue weighted by Crippen LogP contribution is 2.25. The van der Waals surface area contributed by atoms with E-state index in [1.54, 1.807) is 7.11 Å². The van der Waals surface area contributed by atoms with E-state index in [1.807, 2.05) is 48.7 Å². The fourth-order valence-corrected chi connectivity index (χ4v) is 2.53. The van der Waals surface area contributed by atoms with Gasteiger partial charge in [0.2, 0.25) is 0 Å². The van der Waals surface area contributed by atoms with Crippen LogP contribution < -0.4 is 9.47 Å². The summed E-state index contributed by atoms with van der Waals surface area (Å²) in [6.45, 7) is 2.80. The number of fused-ring (bicyclic) bond motifs is 1. The number of rotatable bonds is 5. The summed E-state index contributed by atoms with van der Waals surface area (Å²) in [4.78, 5) is 4.41. The van der Waals surface area contributed by atoms with Crippen LogP contribution in [-0.2, 0) is 0 Å². The number of aromatic nitrogens is 1. The summed E-state index contributed by atoms with van der Waals surface area (Å²) < 4.78 is 11.0. The summed E-state index contributed by atoms with van der Waals surface area (Å²) in [5, 5.41) is 1.19. The second-order valence-corrected chi connectivity index (χ2v) is 5.30. The van der Waals surface area contributed by atoms with Crippen LogP contribution in [0.15, 0.2) is 60.8 Å². The Hall–Kier alpha value is -2.55. The zero-order valence-electron chi connectivity index (χ0n) is 12.8. The van der Waals surface area contributed by atoms with Gasteiger partial charge >= 0.3 is 0 Å². The zero-order valence-corrected chi connectivity index (χ0v) is 12.8. The molecule has 1 atom stereocenters. The van der Waals surface area contributed by atoms with E-state index in [9.17, 15) is 0 Å². The number of para-hydroxylation sites is 1. The minimum absolute atomic E-state index is 0.287. The van der Waals surface area contributed by atoms with Crippen molar-refractivity contribution in [3.63, 3.8) is 0 Å². The number of nitrogens with zero attached hydrogens (tertiary/aromatic N) is 1. The molecule has 1 heterocycles. The summed E-state index contributed by atoms with van der Waals surface area (Å²) in [6.07, 6.45) is 1.86. The van der Waals surface area contributed by atoms with E-state index in [1.165, 1.54) is 10.9 Å². The Morgan fingerprint density at radius 2 is 1.68 bits per heavy atom. The van der Waals surface area contributed by atoms with Crippen LogP contribution in [0, 0.1) is 0 Å². The van der Waals surface area contributed by atoms with E-state index in [2.05, 4.69) is 24.0 Å². The Kier molecular flexibility index (Phi) is 4.24. The minimum Gasteiger partial charge on any atom is -0.497 e.